The van der Waals surface area contributed by atoms with Crippen LogP contribution in [0.15, 0.2) is 0 Å². The predicted molar refractivity (Wildman–Crippen MR) is 96.6 cm³/mol. The Labute approximate surface area is 147 Å². The van der Waals surface area contributed by atoms with Crippen LogP contribution < -0.4 is 5.32 Å². The molecule has 0 aromatic carbocycles. The summed E-state index contributed by atoms with van der Waals surface area (Å²) in [6, 6.07) is -0.282. The molecule has 0 bridgehead atoms. The highest BCUT2D eigenvalue weighted by atomic mass is 16.2. The minimum absolute atomic E-state index is 0.0135. The van der Waals surface area contributed by atoms with E-state index >= 15 is 0 Å². The molecule has 1 N–H and O–H groups in total. The molecule has 2 saturated heterocycles. The molecule has 0 saturated carbocycles. The summed E-state index contributed by atoms with van der Waals surface area (Å²) in [7, 11) is 0. The first-order valence-electron chi connectivity index (χ1n) is 9.55. The summed E-state index contributed by atoms with van der Waals surface area (Å²) in [5.74, 6) is 0.781. The van der Waals surface area contributed by atoms with Crippen molar-refractivity contribution in [2.45, 2.75) is 71.9 Å². The van der Waals surface area contributed by atoms with Crippen LogP contribution in [-0.4, -0.2) is 59.4 Å². The van der Waals surface area contributed by atoms with Crippen LogP contribution in [0.5, 0.6) is 0 Å². The maximum atomic E-state index is 12.7. The molecule has 2 heterocycles. The number of nitrogens with zero attached hydrogens (tertiary/aromatic N) is 2. The van der Waals surface area contributed by atoms with Gasteiger partial charge in [0.15, 0.2) is 0 Å². The number of nitrogens with one attached hydrogen (secondary N) is 1. The second-order valence-corrected chi connectivity index (χ2v) is 8.57. The molecule has 0 radical (unpaired) electrons. The van der Waals surface area contributed by atoms with E-state index in [1.54, 1.807) is 4.90 Å². The van der Waals surface area contributed by atoms with Gasteiger partial charge < -0.3 is 10.2 Å². The average Bonchev–Trinajstić information content (AvgIpc) is 3.01. The normalized spacial score (nSPS) is 26.0. The highest BCUT2D eigenvalue weighted by Gasteiger charge is 2.36. The summed E-state index contributed by atoms with van der Waals surface area (Å²) >= 11 is 0. The van der Waals surface area contributed by atoms with Gasteiger partial charge in [-0.25, -0.2) is 0 Å². The van der Waals surface area contributed by atoms with Gasteiger partial charge in [-0.15, -0.1) is 0 Å². The Balaban J connectivity index is 1.90. The summed E-state index contributed by atoms with van der Waals surface area (Å²) in [4.78, 5) is 29.2. The lowest BCUT2D eigenvalue weighted by Gasteiger charge is -2.43. The van der Waals surface area contributed by atoms with E-state index in [1.807, 2.05) is 13.8 Å². The molecule has 0 spiro atoms. The first kappa shape index (κ1) is 19.2. The zero-order chi connectivity index (χ0) is 17.9. The molecule has 2 aliphatic heterocycles. The molecule has 2 amide bonds. The van der Waals surface area contributed by atoms with Crippen LogP contribution in [0.4, 0.5) is 0 Å². The van der Waals surface area contributed by atoms with Gasteiger partial charge in [0, 0.05) is 31.1 Å². The van der Waals surface area contributed by atoms with E-state index in [4.69, 9.17) is 0 Å². The fourth-order valence-corrected chi connectivity index (χ4v) is 3.91. The molecule has 5 nitrogen and oxygen atoms in total. The summed E-state index contributed by atoms with van der Waals surface area (Å²) in [6.07, 6.45) is 4.24. The molecule has 0 unspecified atom stereocenters. The van der Waals surface area contributed by atoms with E-state index in [9.17, 15) is 9.59 Å². The maximum absolute atomic E-state index is 12.7. The average molecular weight is 338 g/mol. The van der Waals surface area contributed by atoms with Gasteiger partial charge in [-0.3, -0.25) is 14.5 Å². The zero-order valence-corrected chi connectivity index (χ0v) is 16.1. The second-order valence-electron chi connectivity index (χ2n) is 8.57. The molecular weight excluding hydrogens is 302 g/mol. The van der Waals surface area contributed by atoms with Crippen molar-refractivity contribution in [2.75, 3.05) is 26.2 Å². The molecule has 2 atom stereocenters. The van der Waals surface area contributed by atoms with Crippen molar-refractivity contribution >= 4 is 11.8 Å². The van der Waals surface area contributed by atoms with Gasteiger partial charge in [-0.2, -0.15) is 0 Å². The first-order valence-corrected chi connectivity index (χ1v) is 9.55. The van der Waals surface area contributed by atoms with Crippen molar-refractivity contribution < 1.29 is 9.59 Å². The third-order valence-corrected chi connectivity index (χ3v) is 5.54. The Morgan fingerprint density at radius 3 is 2.46 bits per heavy atom. The number of rotatable bonds is 5. The number of carbonyl (C=O) groups is 2. The van der Waals surface area contributed by atoms with Crippen LogP contribution in [0.1, 0.15) is 60.3 Å². The largest absolute Gasteiger partial charge is 0.352 e. The number of likely N-dealkylation sites (tertiary alicyclic amines) is 2. The van der Waals surface area contributed by atoms with E-state index in [2.05, 4.69) is 31.0 Å². The topological polar surface area (TPSA) is 52.7 Å². The third kappa shape index (κ3) is 4.50. The number of carbonyl (C=O) groups excluding carboxylic acids is 2. The summed E-state index contributed by atoms with van der Waals surface area (Å²) in [5, 5.41) is 3.13. The molecule has 24 heavy (non-hydrogen) atoms. The SMILES string of the molecule is CC(C)C(=O)N1CCC[C@H]1C(=O)NCC(C)(C)N1CCC[C@H](C)C1. The molecule has 138 valence electrons. The molecule has 5 heteroatoms. The highest BCUT2D eigenvalue weighted by molar-refractivity contribution is 5.88. The van der Waals surface area contributed by atoms with Gasteiger partial charge in [0.1, 0.15) is 6.04 Å². The van der Waals surface area contributed by atoms with Crippen molar-refractivity contribution in [3.05, 3.63) is 0 Å². The minimum atomic E-state index is -0.282. The van der Waals surface area contributed by atoms with Crippen molar-refractivity contribution in [1.29, 1.82) is 0 Å². The number of hydrogen-bond acceptors (Lipinski definition) is 3. The Bertz CT molecular complexity index is 462. The summed E-state index contributed by atoms with van der Waals surface area (Å²) in [5.41, 5.74) is -0.0458. The summed E-state index contributed by atoms with van der Waals surface area (Å²) in [6.45, 7) is 14.1. The minimum Gasteiger partial charge on any atom is -0.352 e. The molecule has 0 aromatic heterocycles. The van der Waals surface area contributed by atoms with Crippen LogP contribution in [-0.2, 0) is 9.59 Å². The lowest BCUT2D eigenvalue weighted by atomic mass is 9.93. The maximum Gasteiger partial charge on any atom is 0.242 e. The smallest absolute Gasteiger partial charge is 0.242 e. The highest BCUT2D eigenvalue weighted by Crippen LogP contribution is 2.24. The van der Waals surface area contributed by atoms with Gasteiger partial charge in [0.05, 0.1) is 0 Å². The first-order chi connectivity index (χ1) is 11.2. The van der Waals surface area contributed by atoms with Gasteiger partial charge >= 0.3 is 0 Å². The molecule has 0 aromatic rings. The monoisotopic (exact) mass is 337 g/mol. The van der Waals surface area contributed by atoms with Crippen molar-refractivity contribution in [2.24, 2.45) is 11.8 Å². The molecule has 2 fully saturated rings. The van der Waals surface area contributed by atoms with Crippen molar-refractivity contribution in [3.8, 4) is 0 Å². The number of hydrogen-bond donors (Lipinski definition) is 1. The van der Waals surface area contributed by atoms with E-state index < -0.39 is 0 Å². The van der Waals surface area contributed by atoms with E-state index in [0.717, 1.165) is 31.8 Å². The Kier molecular flexibility index (Phi) is 6.29. The quantitative estimate of drug-likeness (QED) is 0.837. The predicted octanol–water partition coefficient (Wildman–Crippen LogP) is 2.26. The van der Waals surface area contributed by atoms with Gasteiger partial charge in [-0.1, -0.05) is 20.8 Å². The van der Waals surface area contributed by atoms with Crippen LogP contribution in [0, 0.1) is 11.8 Å². The molecule has 2 aliphatic rings. The van der Waals surface area contributed by atoms with Crippen molar-refractivity contribution in [1.82, 2.24) is 15.1 Å². The van der Waals surface area contributed by atoms with Crippen LogP contribution in [0.25, 0.3) is 0 Å². The van der Waals surface area contributed by atoms with E-state index in [0.29, 0.717) is 13.1 Å². The Morgan fingerprint density at radius 1 is 1.17 bits per heavy atom. The van der Waals surface area contributed by atoms with Gasteiger partial charge in [-0.05, 0) is 52.0 Å². The van der Waals surface area contributed by atoms with Crippen LogP contribution in [0.2, 0.25) is 0 Å². The Hall–Kier alpha value is -1.10. The van der Waals surface area contributed by atoms with Crippen LogP contribution in [0.3, 0.4) is 0 Å². The van der Waals surface area contributed by atoms with Crippen molar-refractivity contribution in [3.63, 3.8) is 0 Å². The fraction of sp³-hybridized carbons (Fsp3) is 0.895. The molecular formula is C19H35N3O2. The number of amides is 2. The lowest BCUT2D eigenvalue weighted by Crippen LogP contribution is -2.56. The third-order valence-electron chi connectivity index (χ3n) is 5.54. The van der Waals surface area contributed by atoms with Gasteiger partial charge in [0.25, 0.3) is 0 Å². The lowest BCUT2D eigenvalue weighted by molar-refractivity contribution is -0.141. The van der Waals surface area contributed by atoms with Gasteiger partial charge in [0.2, 0.25) is 11.8 Å². The zero-order valence-electron chi connectivity index (χ0n) is 16.1. The fourth-order valence-electron chi connectivity index (χ4n) is 3.91. The van der Waals surface area contributed by atoms with E-state index in [1.165, 1.54) is 12.8 Å². The standard InChI is InChI=1S/C19H35N3O2/c1-14(2)18(24)22-11-7-9-16(22)17(23)20-13-19(4,5)21-10-6-8-15(3)12-21/h14-16H,6-13H2,1-5H3,(H,20,23)/t15-,16-/m0/s1. The Morgan fingerprint density at radius 2 is 1.83 bits per heavy atom. The van der Waals surface area contributed by atoms with E-state index in [-0.39, 0.29) is 29.3 Å². The van der Waals surface area contributed by atoms with Crippen LogP contribution >= 0.6 is 0 Å². The summed E-state index contributed by atoms with van der Waals surface area (Å²) < 4.78 is 0. The molecule has 0 aliphatic carbocycles. The molecule has 2 rings (SSSR count). The number of piperidine rings is 1. The second kappa shape index (κ2) is 7.85.